The molecule has 0 saturated heterocycles. The van der Waals surface area contributed by atoms with Gasteiger partial charge in [-0.3, -0.25) is 5.10 Å². The van der Waals surface area contributed by atoms with Crippen LogP contribution in [-0.2, 0) is 10.0 Å². The van der Waals surface area contributed by atoms with Crippen molar-refractivity contribution >= 4 is 38.8 Å². The summed E-state index contributed by atoms with van der Waals surface area (Å²) >= 11 is 1.03. The van der Waals surface area contributed by atoms with Crippen LogP contribution in [0, 0.1) is 0 Å². The monoisotopic (exact) mass is 397 g/mol. The lowest BCUT2D eigenvalue weighted by Gasteiger charge is -2.07. The highest BCUT2D eigenvalue weighted by Gasteiger charge is 2.25. The number of aromatic amines is 1. The second kappa shape index (κ2) is 6.34. The topological polar surface area (TPSA) is 139 Å². The van der Waals surface area contributed by atoms with Crippen LogP contribution in [0.15, 0.2) is 28.5 Å². The van der Waals surface area contributed by atoms with Gasteiger partial charge >= 0.3 is 0 Å². The minimum Gasteiger partial charge on any atom is -0.373 e. The van der Waals surface area contributed by atoms with E-state index in [2.05, 4.69) is 30.8 Å². The molecule has 142 valence electrons. The Hall–Kier alpha value is -2.50. The van der Waals surface area contributed by atoms with E-state index in [4.69, 9.17) is 5.14 Å². The summed E-state index contributed by atoms with van der Waals surface area (Å²) in [6, 6.07) is 6.82. The van der Waals surface area contributed by atoms with E-state index in [0.29, 0.717) is 34.1 Å². The number of rotatable bonds is 6. The van der Waals surface area contributed by atoms with E-state index < -0.39 is 10.0 Å². The maximum Gasteiger partial charge on any atom is 0.247 e. The van der Waals surface area contributed by atoms with Crippen LogP contribution in [0.5, 0.6) is 0 Å². The molecule has 0 spiro atoms. The molecule has 0 bridgehead atoms. The first-order valence-electron chi connectivity index (χ1n) is 7.94. The first-order chi connectivity index (χ1) is 12.4. The lowest BCUT2D eigenvalue weighted by atomic mass is 10.3. The van der Waals surface area contributed by atoms with Crippen LogP contribution in [0.2, 0.25) is 0 Å². The molecule has 5 N–H and O–H groups in total. The molecule has 1 fully saturated rings. The Balaban J connectivity index is 0.00000140. The number of hydrogen-bond donors (Lipinski definition) is 4. The summed E-state index contributed by atoms with van der Waals surface area (Å²) < 4.78 is 23.0. The van der Waals surface area contributed by atoms with Gasteiger partial charge in [0.25, 0.3) is 0 Å². The molecule has 9 nitrogen and oxygen atoms in total. The number of nitrogens with zero attached hydrogens (tertiary/aromatic N) is 3. The molecule has 3 aromatic heterocycles. The van der Waals surface area contributed by atoms with E-state index in [9.17, 15) is 8.42 Å². The number of anilines is 3. The number of thiophene rings is 1. The Morgan fingerprint density at radius 1 is 1.23 bits per heavy atom. The standard InChI is InChI=1S/C15H17N7O2S2.3H2/c1-17-11-7-12(18-13-6-9(21-22-13)8-2-3-8)20-15(19-11)10-4-5-14(25-10)26(16,23)24;;;/h4-8H,2-3H2,1H3,(H2,16,23,24)(H3,17,18,19,20,21,22);3*1H. The summed E-state index contributed by atoms with van der Waals surface area (Å²) in [5.74, 6) is 2.81. The highest BCUT2D eigenvalue weighted by atomic mass is 32.2. The summed E-state index contributed by atoms with van der Waals surface area (Å²) in [7, 11) is -2.00. The number of primary sulfonamides is 1. The van der Waals surface area contributed by atoms with E-state index in [1.54, 1.807) is 19.2 Å². The van der Waals surface area contributed by atoms with Gasteiger partial charge in [0.15, 0.2) is 11.6 Å². The lowest BCUT2D eigenvalue weighted by molar-refractivity contribution is 0.600. The molecule has 3 heterocycles. The van der Waals surface area contributed by atoms with Crippen LogP contribution in [0.25, 0.3) is 10.7 Å². The molecule has 0 aromatic carbocycles. The molecule has 0 radical (unpaired) electrons. The van der Waals surface area contributed by atoms with E-state index in [0.717, 1.165) is 17.0 Å². The Labute approximate surface area is 158 Å². The summed E-state index contributed by atoms with van der Waals surface area (Å²) in [4.78, 5) is 9.46. The van der Waals surface area contributed by atoms with Crippen LogP contribution in [-0.4, -0.2) is 35.6 Å². The predicted molar refractivity (Wildman–Crippen MR) is 106 cm³/mol. The fourth-order valence-electron chi connectivity index (χ4n) is 2.48. The normalized spacial score (nSPS) is 14.4. The molecule has 4 rings (SSSR count). The van der Waals surface area contributed by atoms with Gasteiger partial charge in [-0.25, -0.2) is 23.5 Å². The van der Waals surface area contributed by atoms with Crippen LogP contribution < -0.4 is 15.8 Å². The minimum atomic E-state index is -3.75. The quantitative estimate of drug-likeness (QED) is 0.501. The number of aromatic nitrogens is 4. The van der Waals surface area contributed by atoms with Gasteiger partial charge in [-0.05, 0) is 25.0 Å². The van der Waals surface area contributed by atoms with E-state index in [1.807, 2.05) is 6.07 Å². The van der Waals surface area contributed by atoms with Crippen molar-refractivity contribution < 1.29 is 12.7 Å². The van der Waals surface area contributed by atoms with Gasteiger partial charge in [0, 0.05) is 35.1 Å². The SMILES string of the molecule is CNc1cc(Nc2cc(C3CC3)[nH]n2)nc(-c2ccc(S(N)(=O)=O)s2)n1.[HH].[HH].[HH]. The number of sulfonamides is 1. The molecule has 26 heavy (non-hydrogen) atoms. The molecular formula is C15H23N7O2S2. The average Bonchev–Trinajstić information content (AvgIpc) is 3.13. The molecule has 3 aromatic rings. The molecule has 1 aliphatic carbocycles. The number of hydrogen-bond acceptors (Lipinski definition) is 8. The predicted octanol–water partition coefficient (Wildman–Crippen LogP) is 2.98. The van der Waals surface area contributed by atoms with Crippen molar-refractivity contribution in [1.29, 1.82) is 0 Å². The van der Waals surface area contributed by atoms with E-state index in [-0.39, 0.29) is 8.49 Å². The van der Waals surface area contributed by atoms with Crippen molar-refractivity contribution in [2.24, 2.45) is 5.14 Å². The van der Waals surface area contributed by atoms with Crippen molar-refractivity contribution in [2.45, 2.75) is 23.0 Å². The van der Waals surface area contributed by atoms with Crippen molar-refractivity contribution in [2.75, 3.05) is 17.7 Å². The fraction of sp³-hybridized carbons (Fsp3) is 0.267. The number of nitrogens with one attached hydrogen (secondary N) is 3. The summed E-state index contributed by atoms with van der Waals surface area (Å²) in [5, 5.41) is 18.6. The maximum atomic E-state index is 11.5. The van der Waals surface area contributed by atoms with Gasteiger partial charge in [-0.1, -0.05) is 0 Å². The van der Waals surface area contributed by atoms with Gasteiger partial charge in [0.05, 0.1) is 4.88 Å². The first-order valence-corrected chi connectivity index (χ1v) is 10.3. The molecule has 11 heteroatoms. The molecule has 0 unspecified atom stereocenters. The minimum absolute atomic E-state index is 0. The van der Waals surface area contributed by atoms with Crippen LogP contribution in [0.4, 0.5) is 17.5 Å². The average molecular weight is 398 g/mol. The third kappa shape index (κ3) is 3.54. The van der Waals surface area contributed by atoms with Crippen molar-refractivity contribution in [1.82, 2.24) is 20.2 Å². The second-order valence-electron chi connectivity index (χ2n) is 5.98. The molecule has 0 aliphatic heterocycles. The smallest absolute Gasteiger partial charge is 0.247 e. The maximum absolute atomic E-state index is 11.5. The molecular weight excluding hydrogens is 374 g/mol. The third-order valence-corrected chi connectivity index (χ3v) is 6.46. The lowest BCUT2D eigenvalue weighted by Crippen LogP contribution is -2.09. The van der Waals surface area contributed by atoms with Crippen LogP contribution in [0.1, 0.15) is 28.7 Å². The van der Waals surface area contributed by atoms with Gasteiger partial charge < -0.3 is 10.6 Å². The first kappa shape index (κ1) is 16.9. The second-order valence-corrected chi connectivity index (χ2v) is 8.86. The van der Waals surface area contributed by atoms with Crippen molar-refractivity contribution in [3.8, 4) is 10.7 Å². The summed E-state index contributed by atoms with van der Waals surface area (Å²) in [5.41, 5.74) is 1.12. The summed E-state index contributed by atoms with van der Waals surface area (Å²) in [6.45, 7) is 0. The van der Waals surface area contributed by atoms with Gasteiger partial charge in [0.1, 0.15) is 15.8 Å². The highest BCUT2D eigenvalue weighted by Crippen LogP contribution is 2.39. The van der Waals surface area contributed by atoms with E-state index in [1.165, 1.54) is 18.9 Å². The zero-order chi connectivity index (χ0) is 18.3. The fourth-order valence-corrected chi connectivity index (χ4v) is 4.14. The van der Waals surface area contributed by atoms with Crippen LogP contribution in [0.3, 0.4) is 0 Å². The molecule has 1 saturated carbocycles. The Kier molecular flexibility index (Phi) is 4.13. The van der Waals surface area contributed by atoms with Gasteiger partial charge in [-0.15, -0.1) is 11.3 Å². The number of H-pyrrole nitrogens is 1. The van der Waals surface area contributed by atoms with Gasteiger partial charge in [-0.2, -0.15) is 5.10 Å². The Morgan fingerprint density at radius 2 is 2.00 bits per heavy atom. The zero-order valence-electron chi connectivity index (χ0n) is 13.9. The molecule has 0 atom stereocenters. The molecule has 1 aliphatic rings. The van der Waals surface area contributed by atoms with Gasteiger partial charge in [0.2, 0.25) is 10.0 Å². The van der Waals surface area contributed by atoms with E-state index >= 15 is 0 Å². The summed E-state index contributed by atoms with van der Waals surface area (Å²) in [6.07, 6.45) is 2.38. The number of nitrogens with two attached hydrogens (primary N) is 1. The van der Waals surface area contributed by atoms with Crippen LogP contribution >= 0.6 is 11.3 Å². The largest absolute Gasteiger partial charge is 0.373 e. The third-order valence-electron chi connectivity index (χ3n) is 3.94. The molecule has 0 amide bonds. The zero-order valence-corrected chi connectivity index (χ0v) is 15.5. The van der Waals surface area contributed by atoms with Crippen molar-refractivity contribution in [3.63, 3.8) is 0 Å². The van der Waals surface area contributed by atoms with Crippen molar-refractivity contribution in [3.05, 3.63) is 30.0 Å². The highest BCUT2D eigenvalue weighted by molar-refractivity contribution is 7.91. The Morgan fingerprint density at radius 3 is 2.65 bits per heavy atom. The Bertz CT molecular complexity index is 1070.